The molecule has 88 valence electrons. The van der Waals surface area contributed by atoms with E-state index in [0.29, 0.717) is 18.0 Å². The summed E-state index contributed by atoms with van der Waals surface area (Å²) in [5, 5.41) is 9.90. The van der Waals surface area contributed by atoms with Crippen LogP contribution in [0.4, 0.5) is 4.39 Å². The summed E-state index contributed by atoms with van der Waals surface area (Å²) in [6, 6.07) is 6.91. The van der Waals surface area contributed by atoms with Gasteiger partial charge in [0, 0.05) is 12.6 Å². The third-order valence-corrected chi connectivity index (χ3v) is 3.16. The van der Waals surface area contributed by atoms with E-state index < -0.39 is 6.10 Å². The van der Waals surface area contributed by atoms with Gasteiger partial charge in [-0.15, -0.1) is 0 Å². The molecule has 0 spiro atoms. The number of rotatable bonds is 5. The fourth-order valence-corrected chi connectivity index (χ4v) is 1.90. The van der Waals surface area contributed by atoms with Crippen LogP contribution < -0.4 is 0 Å². The molecular formula is C13H18FNO. The van der Waals surface area contributed by atoms with E-state index in [1.807, 2.05) is 0 Å². The Hall–Kier alpha value is -0.930. The van der Waals surface area contributed by atoms with Crippen LogP contribution in [-0.4, -0.2) is 29.6 Å². The van der Waals surface area contributed by atoms with Gasteiger partial charge in [0.1, 0.15) is 5.82 Å². The van der Waals surface area contributed by atoms with Crippen LogP contribution in [-0.2, 0) is 0 Å². The highest BCUT2D eigenvalue weighted by atomic mass is 19.1. The summed E-state index contributed by atoms with van der Waals surface area (Å²) in [6.07, 6.45) is 2.65. The molecule has 0 amide bonds. The first-order valence-corrected chi connectivity index (χ1v) is 5.80. The number of aliphatic hydroxyl groups is 1. The van der Waals surface area contributed by atoms with E-state index >= 15 is 0 Å². The van der Waals surface area contributed by atoms with Crippen LogP contribution in [0.25, 0.3) is 0 Å². The monoisotopic (exact) mass is 223 g/mol. The zero-order valence-electron chi connectivity index (χ0n) is 9.56. The van der Waals surface area contributed by atoms with Gasteiger partial charge in [-0.05, 0) is 44.0 Å². The molecule has 1 aliphatic carbocycles. The molecular weight excluding hydrogens is 205 g/mol. The number of nitrogens with zero attached hydrogens (tertiary/aromatic N) is 1. The molecule has 0 aromatic heterocycles. The first-order chi connectivity index (χ1) is 7.66. The van der Waals surface area contributed by atoms with E-state index in [1.165, 1.54) is 25.0 Å². The van der Waals surface area contributed by atoms with Crippen molar-refractivity contribution < 1.29 is 9.50 Å². The van der Waals surface area contributed by atoms with E-state index in [0.717, 1.165) is 6.54 Å². The maximum atomic E-state index is 12.9. The predicted octanol–water partition coefficient (Wildman–Crippen LogP) is 2.34. The summed E-state index contributed by atoms with van der Waals surface area (Å²) in [5.74, 6) is -0.285. The Morgan fingerprint density at radius 1 is 1.50 bits per heavy atom. The molecule has 1 N–H and O–H groups in total. The standard InChI is InChI=1S/C13H18FNO/c1-15(12-5-6-12)8-7-13(16)10-3-2-4-11(14)9-10/h2-4,9,12-13,16H,5-8H2,1H3. The maximum absolute atomic E-state index is 12.9. The largest absolute Gasteiger partial charge is 0.388 e. The Balaban J connectivity index is 1.84. The van der Waals surface area contributed by atoms with E-state index in [1.54, 1.807) is 12.1 Å². The van der Waals surface area contributed by atoms with Crippen LogP contribution >= 0.6 is 0 Å². The van der Waals surface area contributed by atoms with Gasteiger partial charge in [0.25, 0.3) is 0 Å². The molecule has 0 bridgehead atoms. The van der Waals surface area contributed by atoms with Gasteiger partial charge < -0.3 is 10.0 Å². The summed E-state index contributed by atoms with van der Waals surface area (Å²) < 4.78 is 12.9. The minimum Gasteiger partial charge on any atom is -0.388 e. The van der Waals surface area contributed by atoms with Crippen LogP contribution in [0.3, 0.4) is 0 Å². The van der Waals surface area contributed by atoms with Gasteiger partial charge in [-0.25, -0.2) is 4.39 Å². The number of halogens is 1. The average Bonchev–Trinajstić information content (AvgIpc) is 3.09. The Morgan fingerprint density at radius 3 is 2.88 bits per heavy atom. The molecule has 1 unspecified atom stereocenters. The highest BCUT2D eigenvalue weighted by Gasteiger charge is 2.26. The third kappa shape index (κ3) is 3.03. The van der Waals surface area contributed by atoms with Crippen LogP contribution in [0, 0.1) is 5.82 Å². The summed E-state index contributed by atoms with van der Waals surface area (Å²) in [7, 11) is 2.08. The van der Waals surface area contributed by atoms with Gasteiger partial charge in [-0.3, -0.25) is 0 Å². The van der Waals surface area contributed by atoms with E-state index in [9.17, 15) is 9.50 Å². The molecule has 1 atom stereocenters. The van der Waals surface area contributed by atoms with Crippen LogP contribution in [0.5, 0.6) is 0 Å². The molecule has 1 fully saturated rings. The molecule has 1 aliphatic rings. The zero-order valence-corrected chi connectivity index (χ0v) is 9.56. The topological polar surface area (TPSA) is 23.5 Å². The normalized spacial score (nSPS) is 17.8. The molecule has 1 aromatic rings. The van der Waals surface area contributed by atoms with Gasteiger partial charge in [0.05, 0.1) is 6.10 Å². The highest BCUT2D eigenvalue weighted by molar-refractivity contribution is 5.18. The smallest absolute Gasteiger partial charge is 0.123 e. The lowest BCUT2D eigenvalue weighted by atomic mass is 10.1. The summed E-state index contributed by atoms with van der Waals surface area (Å²) >= 11 is 0. The van der Waals surface area contributed by atoms with Gasteiger partial charge in [0.2, 0.25) is 0 Å². The van der Waals surface area contributed by atoms with Gasteiger partial charge in [-0.1, -0.05) is 12.1 Å². The lowest BCUT2D eigenvalue weighted by Crippen LogP contribution is -2.23. The second kappa shape index (κ2) is 4.93. The lowest BCUT2D eigenvalue weighted by molar-refractivity contribution is 0.147. The summed E-state index contributed by atoms with van der Waals surface area (Å²) in [4.78, 5) is 2.27. The number of hydrogen-bond donors (Lipinski definition) is 1. The zero-order chi connectivity index (χ0) is 11.5. The van der Waals surface area contributed by atoms with Gasteiger partial charge in [0.15, 0.2) is 0 Å². The Kier molecular flexibility index (Phi) is 3.56. The van der Waals surface area contributed by atoms with Crippen molar-refractivity contribution in [2.75, 3.05) is 13.6 Å². The summed E-state index contributed by atoms with van der Waals surface area (Å²) in [6.45, 7) is 0.863. The van der Waals surface area contributed by atoms with Crippen molar-refractivity contribution in [3.05, 3.63) is 35.6 Å². The van der Waals surface area contributed by atoms with Crippen molar-refractivity contribution in [1.29, 1.82) is 0 Å². The average molecular weight is 223 g/mol. The van der Waals surface area contributed by atoms with Gasteiger partial charge in [-0.2, -0.15) is 0 Å². The Morgan fingerprint density at radius 2 is 2.25 bits per heavy atom. The van der Waals surface area contributed by atoms with Crippen molar-refractivity contribution in [3.63, 3.8) is 0 Å². The fraction of sp³-hybridized carbons (Fsp3) is 0.538. The van der Waals surface area contributed by atoms with Crippen molar-refractivity contribution in [2.45, 2.75) is 31.4 Å². The first kappa shape index (κ1) is 11.6. The molecule has 0 saturated heterocycles. The Labute approximate surface area is 95.7 Å². The molecule has 3 heteroatoms. The molecule has 2 nitrogen and oxygen atoms in total. The van der Waals surface area contributed by atoms with E-state index in [2.05, 4.69) is 11.9 Å². The summed E-state index contributed by atoms with van der Waals surface area (Å²) in [5.41, 5.74) is 0.671. The van der Waals surface area contributed by atoms with E-state index in [-0.39, 0.29) is 5.82 Å². The van der Waals surface area contributed by atoms with Crippen molar-refractivity contribution in [2.24, 2.45) is 0 Å². The Bertz CT molecular complexity index is 352. The predicted molar refractivity (Wildman–Crippen MR) is 61.6 cm³/mol. The molecule has 0 aliphatic heterocycles. The molecule has 0 heterocycles. The molecule has 16 heavy (non-hydrogen) atoms. The quantitative estimate of drug-likeness (QED) is 0.828. The minimum absolute atomic E-state index is 0.285. The minimum atomic E-state index is -0.558. The van der Waals surface area contributed by atoms with Crippen molar-refractivity contribution >= 4 is 0 Å². The maximum Gasteiger partial charge on any atom is 0.123 e. The van der Waals surface area contributed by atoms with Crippen molar-refractivity contribution in [3.8, 4) is 0 Å². The SMILES string of the molecule is CN(CCC(O)c1cccc(F)c1)C1CC1. The van der Waals surface area contributed by atoms with Crippen molar-refractivity contribution in [1.82, 2.24) is 4.90 Å². The lowest BCUT2D eigenvalue weighted by Gasteiger charge is -2.18. The number of benzene rings is 1. The van der Waals surface area contributed by atoms with E-state index in [4.69, 9.17) is 0 Å². The number of hydrogen-bond acceptors (Lipinski definition) is 2. The van der Waals surface area contributed by atoms with Crippen LogP contribution in [0.1, 0.15) is 30.9 Å². The second-order valence-electron chi connectivity index (χ2n) is 4.57. The number of aliphatic hydroxyl groups excluding tert-OH is 1. The molecule has 1 aromatic carbocycles. The molecule has 0 radical (unpaired) electrons. The van der Waals surface area contributed by atoms with Crippen LogP contribution in [0.15, 0.2) is 24.3 Å². The fourth-order valence-electron chi connectivity index (χ4n) is 1.90. The third-order valence-electron chi connectivity index (χ3n) is 3.16. The molecule has 1 saturated carbocycles. The first-order valence-electron chi connectivity index (χ1n) is 5.80. The van der Waals surface area contributed by atoms with Crippen LogP contribution in [0.2, 0.25) is 0 Å². The second-order valence-corrected chi connectivity index (χ2v) is 4.57. The van der Waals surface area contributed by atoms with Gasteiger partial charge >= 0.3 is 0 Å². The molecule has 2 rings (SSSR count). The highest BCUT2D eigenvalue weighted by Crippen LogP contribution is 2.26.